The van der Waals surface area contributed by atoms with E-state index in [-0.39, 0.29) is 73.6 Å². The number of carbonyl (C=O) groups excluding carboxylic acids is 6. The third-order valence-corrected chi connectivity index (χ3v) is 18.2. The Balaban J connectivity index is 0.893. The monoisotopic (exact) mass is 1350 g/mol. The average molecular weight is 1350 g/mol. The lowest BCUT2D eigenvalue weighted by molar-refractivity contribution is -0.271. The van der Waals surface area contributed by atoms with Crippen LogP contribution in [0.5, 0.6) is 5.75 Å². The van der Waals surface area contributed by atoms with E-state index in [2.05, 4.69) is 26.7 Å². The van der Waals surface area contributed by atoms with Gasteiger partial charge in [0.15, 0.2) is 11.7 Å². The Bertz CT molecular complexity index is 4200. The molecule has 1 fully saturated rings. The summed E-state index contributed by atoms with van der Waals surface area (Å²) >= 11 is 0. The van der Waals surface area contributed by atoms with Gasteiger partial charge in [-0.3, -0.25) is 34.0 Å². The van der Waals surface area contributed by atoms with Crippen molar-refractivity contribution < 1.29 is 91.0 Å². The predicted molar refractivity (Wildman–Crippen MR) is 345 cm³/mol. The number of anilines is 1. The number of hydrogen-bond acceptors (Lipinski definition) is 21. The predicted octanol–water partition coefficient (Wildman–Crippen LogP) is 1.82. The van der Waals surface area contributed by atoms with Gasteiger partial charge in [-0.2, -0.15) is 8.42 Å². The number of hydrazine groups is 1. The number of nitrogens with one attached hydrogen (secondary N) is 5. The van der Waals surface area contributed by atoms with Gasteiger partial charge in [0.2, 0.25) is 29.9 Å². The molecule has 96 heavy (non-hydrogen) atoms. The summed E-state index contributed by atoms with van der Waals surface area (Å²) in [5.74, 6) is -8.70. The van der Waals surface area contributed by atoms with Crippen LogP contribution in [0.4, 0.5) is 10.5 Å². The minimum atomic E-state index is -4.92. The minimum Gasteiger partial charge on any atom is -0.479 e. The van der Waals surface area contributed by atoms with E-state index in [4.69, 9.17) is 23.9 Å². The number of para-hydroxylation sites is 1. The van der Waals surface area contributed by atoms with Crippen molar-refractivity contribution in [1.29, 1.82) is 0 Å². The van der Waals surface area contributed by atoms with Crippen molar-refractivity contribution in [3.63, 3.8) is 0 Å². The zero-order chi connectivity index (χ0) is 70.0. The van der Waals surface area contributed by atoms with Crippen molar-refractivity contribution in [2.24, 2.45) is 5.92 Å². The maximum Gasteiger partial charge on any atom is 0.410 e. The molecule has 3 aliphatic rings. The molecule has 3 aromatic carbocycles. The molecule has 3 aliphatic heterocycles. The number of nitrogens with zero attached hydrogens (tertiary/aromatic N) is 5. The highest BCUT2D eigenvalue weighted by Gasteiger charge is 2.49. The summed E-state index contributed by atoms with van der Waals surface area (Å²) in [6, 6.07) is 15.4. The van der Waals surface area contributed by atoms with Gasteiger partial charge in [-0.15, -0.1) is 0 Å². The standard InChI is InChI=1S/C65H80N10O20S/c1-10-65(88)43-26-48-52-41(28-75(48)60(83)42(43)30-92-63(65)86)39(40-13-11-12-14-44(40)69-52)19-21-73(33(4)5)64(87)93-29-36-16-17-45(49(24-36)94-62-55(79)53(77)54(78)56(95-62)61(84)85)70-57(80)35(7)67-59(82)51(32(2)3)71-58(81)46(31-96(89,90)91)68-50(76)20-22-74-38(27-72(9)66-8)25-37-23-34(6)15-18-47(37)74/h11-18,23-26,32-33,35,46,51,53-56,62,66,77-79,88H,10,19-22,27-31H2,1-9H3,(H,67,82)(H,68,76)(H,70,80)(H,71,81)(H,84,85)(H,89,90,91)/t35-,46-,51-,53-,54-,55+,56-,62+,65-/m0/s1. The summed E-state index contributed by atoms with van der Waals surface area (Å²) in [5.41, 5.74) is 6.48. The van der Waals surface area contributed by atoms with Gasteiger partial charge >= 0.3 is 18.0 Å². The molecule has 5 amide bonds. The van der Waals surface area contributed by atoms with Gasteiger partial charge in [0, 0.05) is 65.7 Å². The quantitative estimate of drug-likeness (QED) is 0.0209. The molecule has 6 heterocycles. The van der Waals surface area contributed by atoms with E-state index in [0.29, 0.717) is 29.0 Å². The van der Waals surface area contributed by atoms with E-state index < -0.39 is 136 Å². The molecule has 0 bridgehead atoms. The number of pyridine rings is 2. The van der Waals surface area contributed by atoms with Gasteiger partial charge in [0.05, 0.1) is 41.2 Å². The number of aliphatic carboxylic acids is 1. The number of hydrogen-bond donors (Lipinski definition) is 11. The summed E-state index contributed by atoms with van der Waals surface area (Å²) < 4.78 is 60.3. The molecule has 0 unspecified atom stereocenters. The number of aromatic nitrogens is 3. The largest absolute Gasteiger partial charge is 0.479 e. The third-order valence-electron chi connectivity index (χ3n) is 17.4. The topological polar surface area (TPSA) is 418 Å². The van der Waals surface area contributed by atoms with Crippen molar-refractivity contribution in [2.45, 2.75) is 161 Å². The third kappa shape index (κ3) is 15.3. The molecule has 1 saturated heterocycles. The average Bonchev–Trinajstić information content (AvgIpc) is 1.45. The first kappa shape index (κ1) is 71.4. The van der Waals surface area contributed by atoms with Crippen LogP contribution in [0.15, 0.2) is 77.6 Å². The number of cyclic esters (lactones) is 1. The van der Waals surface area contributed by atoms with Crippen molar-refractivity contribution in [3.8, 4) is 17.1 Å². The molecule has 0 radical (unpaired) electrons. The molecular weight excluding hydrogens is 1270 g/mol. The highest BCUT2D eigenvalue weighted by atomic mass is 32.2. The van der Waals surface area contributed by atoms with Gasteiger partial charge < -0.3 is 79.8 Å². The molecule has 9 rings (SSSR count). The van der Waals surface area contributed by atoms with Gasteiger partial charge in [-0.05, 0) is 107 Å². The van der Waals surface area contributed by atoms with E-state index in [1.807, 2.05) is 59.9 Å². The number of fused-ring (bicyclic) bond motifs is 6. The van der Waals surface area contributed by atoms with Crippen LogP contribution in [0, 0.1) is 12.8 Å². The Morgan fingerprint density at radius 3 is 2.29 bits per heavy atom. The lowest BCUT2D eigenvalue weighted by atomic mass is 9.86. The second kappa shape index (κ2) is 29.2. The number of carboxylic acid groups (broad SMARTS) is 1. The number of aryl methyl sites for hydroxylation is 2. The highest BCUT2D eigenvalue weighted by molar-refractivity contribution is 7.85. The summed E-state index contributed by atoms with van der Waals surface area (Å²) in [7, 11) is -1.33. The van der Waals surface area contributed by atoms with Gasteiger partial charge in [-0.1, -0.05) is 56.7 Å². The van der Waals surface area contributed by atoms with Crippen LogP contribution < -0.4 is 37.0 Å². The molecule has 31 heteroatoms. The molecule has 11 N–H and O–H groups in total. The SMILES string of the molecule is CC[C@@]1(O)C(=O)OCc2c1cc1n(c2=O)Cc2c-1nc1ccccc1c2CCN(C(=O)OCc1ccc(NC(=O)[C@H](C)NC(=O)[C@@H](NC(=O)[C@H](CS(=O)(=O)O)NC(=O)CCn2c(CN(C)NC)cc3cc(C)ccc32)C(C)C)c(O[C@@H]2O[C@H](C(=O)O)[C@@H](O)[C@H](O)[C@H]2O)c1)C(C)C. The van der Waals surface area contributed by atoms with Gasteiger partial charge in [0.1, 0.15) is 61.2 Å². The number of amides is 5. The Morgan fingerprint density at radius 2 is 1.61 bits per heavy atom. The highest BCUT2D eigenvalue weighted by Crippen LogP contribution is 2.41. The molecule has 30 nitrogen and oxygen atoms in total. The van der Waals surface area contributed by atoms with E-state index in [9.17, 15) is 76.9 Å². The second-order valence-electron chi connectivity index (χ2n) is 24.8. The second-order valence-corrected chi connectivity index (χ2v) is 26.3. The number of carboxylic acids is 1. The zero-order valence-corrected chi connectivity index (χ0v) is 55.1. The summed E-state index contributed by atoms with van der Waals surface area (Å²) in [4.78, 5) is 115. The van der Waals surface area contributed by atoms with E-state index in [0.717, 1.165) is 33.1 Å². The van der Waals surface area contributed by atoms with Crippen LogP contribution in [0.3, 0.4) is 0 Å². The van der Waals surface area contributed by atoms with Gasteiger partial charge in [-0.25, -0.2) is 24.4 Å². The van der Waals surface area contributed by atoms with Crippen LogP contribution in [0.25, 0.3) is 33.2 Å². The van der Waals surface area contributed by atoms with E-state index >= 15 is 0 Å². The van der Waals surface area contributed by atoms with Crippen LogP contribution in [-0.4, -0.2) is 185 Å². The minimum absolute atomic E-state index is 0.0420. The number of aliphatic hydroxyl groups excluding tert-OH is 3. The number of aliphatic hydroxyl groups is 4. The normalized spacial score (nSPS) is 20.0. The fourth-order valence-electron chi connectivity index (χ4n) is 12.0. The van der Waals surface area contributed by atoms with Gasteiger partial charge in [0.25, 0.3) is 15.7 Å². The summed E-state index contributed by atoms with van der Waals surface area (Å²) in [6.45, 7) is 11.4. The Morgan fingerprint density at radius 1 is 0.885 bits per heavy atom. The summed E-state index contributed by atoms with van der Waals surface area (Å²) in [5, 5.41) is 66.8. The van der Waals surface area contributed by atoms with Crippen LogP contribution in [0.2, 0.25) is 0 Å². The molecule has 6 aromatic rings. The first-order valence-corrected chi connectivity index (χ1v) is 32.8. The Hall–Kier alpha value is -8.92. The fourth-order valence-corrected chi connectivity index (χ4v) is 12.6. The van der Waals surface area contributed by atoms with Crippen molar-refractivity contribution in [2.75, 3.05) is 31.7 Å². The van der Waals surface area contributed by atoms with Crippen molar-refractivity contribution >= 4 is 79.3 Å². The number of ether oxygens (including phenoxy) is 4. The molecule has 0 saturated carbocycles. The van der Waals surface area contributed by atoms with Crippen molar-refractivity contribution in [3.05, 3.63) is 122 Å². The summed E-state index contributed by atoms with van der Waals surface area (Å²) in [6.07, 6.45) is -11.2. The van der Waals surface area contributed by atoms with Crippen molar-refractivity contribution in [1.82, 2.24) is 45.4 Å². The first-order valence-electron chi connectivity index (χ1n) is 31.2. The Kier molecular flexibility index (Phi) is 21.7. The molecule has 0 spiro atoms. The molecule has 3 aromatic heterocycles. The molecule has 0 aliphatic carbocycles. The smallest absolute Gasteiger partial charge is 0.410 e. The molecule has 9 atom stereocenters. The molecular formula is C65H80N10O20S. The number of benzene rings is 3. The van der Waals surface area contributed by atoms with Crippen LogP contribution >= 0.6 is 0 Å². The van der Waals surface area contributed by atoms with E-state index in [1.165, 1.54) is 48.4 Å². The first-order chi connectivity index (χ1) is 45.3. The van der Waals surface area contributed by atoms with E-state index in [1.54, 1.807) is 46.0 Å². The lowest BCUT2D eigenvalue weighted by Crippen LogP contribution is -2.61. The number of esters is 1. The zero-order valence-electron chi connectivity index (χ0n) is 54.3. The fraction of sp³-hybridized carbons (Fsp3) is 0.462. The maximum absolute atomic E-state index is 14.2. The number of carbonyl (C=O) groups is 7. The molecule has 516 valence electrons. The van der Waals surface area contributed by atoms with Crippen LogP contribution in [-0.2, 0) is 98.0 Å². The number of rotatable bonds is 26. The van der Waals surface area contributed by atoms with Crippen LogP contribution in [0.1, 0.15) is 93.5 Å². The maximum atomic E-state index is 14.2. The Labute approximate surface area is 551 Å². The lowest BCUT2D eigenvalue weighted by Gasteiger charge is -2.38.